The second-order valence-corrected chi connectivity index (χ2v) is 4.08. The van der Waals surface area contributed by atoms with Crippen molar-refractivity contribution in [2.45, 2.75) is 13.0 Å². The molecule has 13 heavy (non-hydrogen) atoms. The van der Waals surface area contributed by atoms with Crippen molar-refractivity contribution < 1.29 is 4.79 Å². The molecule has 0 radical (unpaired) electrons. The quantitative estimate of drug-likeness (QED) is 0.890. The maximum atomic E-state index is 11.0. The number of carbonyl (C=O) groups is 1. The first kappa shape index (κ1) is 10.7. The van der Waals surface area contributed by atoms with E-state index in [0.717, 1.165) is 4.47 Å². The minimum absolute atomic E-state index is 0.0933. The fourth-order valence-electron chi connectivity index (χ4n) is 0.973. The van der Waals surface area contributed by atoms with Crippen LogP contribution in [0.4, 0.5) is 0 Å². The summed E-state index contributed by atoms with van der Waals surface area (Å²) in [6, 6.07) is 4.66. The van der Waals surface area contributed by atoms with Crippen molar-refractivity contribution in [2.24, 2.45) is 5.73 Å². The molecule has 1 atom stereocenters. The van der Waals surface area contributed by atoms with Gasteiger partial charge in [0.2, 0.25) is 0 Å². The lowest BCUT2D eigenvalue weighted by atomic mass is 10.1. The van der Waals surface area contributed by atoms with Gasteiger partial charge in [-0.1, -0.05) is 33.6 Å². The third kappa shape index (κ3) is 2.53. The molecule has 0 saturated heterocycles. The van der Waals surface area contributed by atoms with Crippen LogP contribution in [0.25, 0.3) is 0 Å². The van der Waals surface area contributed by atoms with E-state index in [-0.39, 0.29) is 5.78 Å². The Hall–Kier alpha value is -0.380. The zero-order valence-corrected chi connectivity index (χ0v) is 9.39. The fraction of sp³-hybridized carbons (Fsp3) is 0.222. The normalized spacial score (nSPS) is 12.6. The van der Waals surface area contributed by atoms with Crippen molar-refractivity contribution >= 4 is 33.3 Å². The van der Waals surface area contributed by atoms with Gasteiger partial charge in [0.05, 0.1) is 6.04 Å². The van der Waals surface area contributed by atoms with Crippen LogP contribution in [0.3, 0.4) is 0 Å². The average molecular weight is 263 g/mol. The van der Waals surface area contributed by atoms with E-state index in [1.54, 1.807) is 12.1 Å². The fourth-order valence-corrected chi connectivity index (χ4v) is 1.76. The van der Waals surface area contributed by atoms with E-state index in [2.05, 4.69) is 15.9 Å². The van der Waals surface area contributed by atoms with E-state index < -0.39 is 6.04 Å². The number of benzene rings is 1. The second-order valence-electron chi connectivity index (χ2n) is 2.75. The molecular weight excluding hydrogens is 253 g/mol. The topological polar surface area (TPSA) is 43.1 Å². The van der Waals surface area contributed by atoms with Crippen molar-refractivity contribution in [1.29, 1.82) is 0 Å². The first-order valence-corrected chi connectivity index (χ1v) is 4.90. The lowest BCUT2D eigenvalue weighted by Gasteiger charge is -2.09. The van der Waals surface area contributed by atoms with Crippen LogP contribution in [0.2, 0.25) is 5.02 Å². The summed E-state index contributed by atoms with van der Waals surface area (Å²) in [5.74, 6) is -0.0933. The van der Waals surface area contributed by atoms with E-state index in [1.165, 1.54) is 6.92 Å². The zero-order valence-electron chi connectivity index (χ0n) is 7.05. The average Bonchev–Trinajstić information content (AvgIpc) is 2.03. The van der Waals surface area contributed by atoms with Crippen molar-refractivity contribution in [3.05, 3.63) is 33.3 Å². The summed E-state index contributed by atoms with van der Waals surface area (Å²) < 4.78 is 0.872. The molecule has 70 valence electrons. The molecule has 1 unspecified atom stereocenters. The van der Waals surface area contributed by atoms with Crippen LogP contribution in [-0.2, 0) is 4.79 Å². The summed E-state index contributed by atoms with van der Waals surface area (Å²) in [6.45, 7) is 1.45. The molecule has 0 amide bonds. The monoisotopic (exact) mass is 261 g/mol. The Kier molecular flexibility index (Phi) is 3.47. The Balaban J connectivity index is 3.08. The van der Waals surface area contributed by atoms with Gasteiger partial charge in [0, 0.05) is 9.50 Å². The maximum Gasteiger partial charge on any atom is 0.151 e. The standard InChI is InChI=1S/C9H9BrClNO/c1-5(13)9(12)7-3-2-6(10)4-8(7)11/h2-4,9H,12H2,1H3. The molecule has 0 aromatic heterocycles. The summed E-state index contributed by atoms with van der Waals surface area (Å²) in [5.41, 5.74) is 6.30. The van der Waals surface area contributed by atoms with Crippen LogP contribution < -0.4 is 5.73 Å². The summed E-state index contributed by atoms with van der Waals surface area (Å²) in [4.78, 5) is 11.0. The van der Waals surface area contributed by atoms with E-state index in [0.29, 0.717) is 10.6 Å². The molecule has 1 aromatic rings. The molecule has 1 rings (SSSR count). The molecule has 0 spiro atoms. The number of halogens is 2. The van der Waals surface area contributed by atoms with E-state index in [1.807, 2.05) is 6.07 Å². The molecule has 1 aromatic carbocycles. The molecule has 0 bridgehead atoms. The van der Waals surface area contributed by atoms with Gasteiger partial charge in [-0.25, -0.2) is 0 Å². The van der Waals surface area contributed by atoms with Crippen LogP contribution in [0.5, 0.6) is 0 Å². The highest BCUT2D eigenvalue weighted by Crippen LogP contribution is 2.25. The van der Waals surface area contributed by atoms with Crippen LogP contribution in [-0.4, -0.2) is 5.78 Å². The van der Waals surface area contributed by atoms with Crippen LogP contribution in [0.1, 0.15) is 18.5 Å². The summed E-state index contributed by atoms with van der Waals surface area (Å²) in [5, 5.41) is 0.511. The Morgan fingerprint density at radius 1 is 1.62 bits per heavy atom. The van der Waals surface area contributed by atoms with Gasteiger partial charge in [-0.2, -0.15) is 0 Å². The maximum absolute atomic E-state index is 11.0. The number of ketones is 1. The molecule has 0 fully saturated rings. The molecular formula is C9H9BrClNO. The van der Waals surface area contributed by atoms with Crippen LogP contribution in [0, 0.1) is 0 Å². The molecule has 0 heterocycles. The molecule has 0 saturated carbocycles. The first-order chi connectivity index (χ1) is 6.02. The SMILES string of the molecule is CC(=O)C(N)c1ccc(Br)cc1Cl. The molecule has 0 aliphatic rings. The van der Waals surface area contributed by atoms with Crippen LogP contribution >= 0.6 is 27.5 Å². The third-order valence-electron chi connectivity index (χ3n) is 1.74. The van der Waals surface area contributed by atoms with Crippen molar-refractivity contribution in [1.82, 2.24) is 0 Å². The van der Waals surface area contributed by atoms with Gasteiger partial charge in [0.1, 0.15) is 0 Å². The Morgan fingerprint density at radius 2 is 2.23 bits per heavy atom. The molecule has 2 N–H and O–H groups in total. The number of carbonyl (C=O) groups excluding carboxylic acids is 1. The van der Waals surface area contributed by atoms with Gasteiger partial charge >= 0.3 is 0 Å². The number of rotatable bonds is 2. The number of hydrogen-bond acceptors (Lipinski definition) is 2. The predicted octanol–water partition coefficient (Wildman–Crippen LogP) is 2.69. The molecule has 0 aliphatic carbocycles. The molecule has 2 nitrogen and oxygen atoms in total. The Morgan fingerprint density at radius 3 is 2.69 bits per heavy atom. The lowest BCUT2D eigenvalue weighted by Crippen LogP contribution is -2.18. The molecule has 4 heteroatoms. The second kappa shape index (κ2) is 4.22. The number of hydrogen-bond donors (Lipinski definition) is 1. The van der Waals surface area contributed by atoms with E-state index in [4.69, 9.17) is 17.3 Å². The lowest BCUT2D eigenvalue weighted by molar-refractivity contribution is -0.118. The number of nitrogens with two attached hydrogens (primary N) is 1. The Labute approximate surface area is 90.2 Å². The van der Waals surface area contributed by atoms with Crippen molar-refractivity contribution in [2.75, 3.05) is 0 Å². The minimum atomic E-state index is -0.624. The van der Waals surface area contributed by atoms with Gasteiger partial charge in [0.25, 0.3) is 0 Å². The highest BCUT2D eigenvalue weighted by atomic mass is 79.9. The van der Waals surface area contributed by atoms with Gasteiger partial charge in [-0.05, 0) is 24.6 Å². The minimum Gasteiger partial charge on any atom is -0.318 e. The van der Waals surface area contributed by atoms with Crippen molar-refractivity contribution in [3.8, 4) is 0 Å². The smallest absolute Gasteiger partial charge is 0.151 e. The Bertz CT molecular complexity index is 340. The third-order valence-corrected chi connectivity index (χ3v) is 2.56. The van der Waals surface area contributed by atoms with Gasteiger partial charge in [-0.15, -0.1) is 0 Å². The predicted molar refractivity (Wildman–Crippen MR) is 56.8 cm³/mol. The van der Waals surface area contributed by atoms with Gasteiger partial charge < -0.3 is 5.73 Å². The van der Waals surface area contributed by atoms with Crippen LogP contribution in [0.15, 0.2) is 22.7 Å². The summed E-state index contributed by atoms with van der Waals surface area (Å²) in [6.07, 6.45) is 0. The summed E-state index contributed by atoms with van der Waals surface area (Å²) >= 11 is 9.18. The van der Waals surface area contributed by atoms with Crippen molar-refractivity contribution in [3.63, 3.8) is 0 Å². The highest BCUT2D eigenvalue weighted by molar-refractivity contribution is 9.10. The molecule has 0 aliphatic heterocycles. The van der Waals surface area contributed by atoms with E-state index in [9.17, 15) is 4.79 Å². The first-order valence-electron chi connectivity index (χ1n) is 3.73. The summed E-state index contributed by atoms with van der Waals surface area (Å²) in [7, 11) is 0. The highest BCUT2D eigenvalue weighted by Gasteiger charge is 2.14. The van der Waals surface area contributed by atoms with E-state index >= 15 is 0 Å². The number of Topliss-reactive ketones (excluding diaryl/α,β-unsaturated/α-hetero) is 1. The largest absolute Gasteiger partial charge is 0.318 e. The zero-order chi connectivity index (χ0) is 10.0. The van der Waals surface area contributed by atoms with Gasteiger partial charge in [-0.3, -0.25) is 4.79 Å². The van der Waals surface area contributed by atoms with Gasteiger partial charge in [0.15, 0.2) is 5.78 Å².